The van der Waals surface area contributed by atoms with Gasteiger partial charge in [-0.3, -0.25) is 9.59 Å². The number of carbonyl (C=O) groups excluding carboxylic acids is 1. The highest BCUT2D eigenvalue weighted by atomic mass is 16.3. The fraction of sp³-hybridized carbons (Fsp3) is 0.526. The first-order valence-corrected chi connectivity index (χ1v) is 9.24. The second-order valence-electron chi connectivity index (χ2n) is 7.77. The van der Waals surface area contributed by atoms with Crippen LogP contribution in [-0.2, 0) is 7.05 Å². The predicted octanol–water partition coefficient (Wildman–Crippen LogP) is 1.36. The van der Waals surface area contributed by atoms with E-state index in [1.807, 2.05) is 4.90 Å². The van der Waals surface area contributed by atoms with Crippen LogP contribution < -0.4 is 10.5 Å². The molecule has 7 heteroatoms. The minimum atomic E-state index is -0.0394. The molecular weight excluding hydrogens is 332 g/mol. The second-order valence-corrected chi connectivity index (χ2v) is 7.77. The molecule has 5 heterocycles. The van der Waals surface area contributed by atoms with E-state index < -0.39 is 0 Å². The number of hydrogen-bond donors (Lipinski definition) is 0. The molecule has 0 aromatic carbocycles. The Bertz CT molecular complexity index is 890. The molecule has 0 radical (unpaired) electrons. The molecule has 0 spiro atoms. The van der Waals surface area contributed by atoms with Gasteiger partial charge in [0.1, 0.15) is 5.82 Å². The minimum Gasteiger partial charge on any atom is -0.459 e. The third kappa shape index (κ3) is 2.29. The van der Waals surface area contributed by atoms with Crippen LogP contribution in [0.1, 0.15) is 23.4 Å². The Morgan fingerprint density at radius 3 is 2.85 bits per heavy atom. The maximum Gasteiger partial charge on any atom is 0.289 e. The maximum atomic E-state index is 12.8. The lowest BCUT2D eigenvalue weighted by Gasteiger charge is -2.51. The molecule has 1 amide bonds. The van der Waals surface area contributed by atoms with E-state index in [1.54, 1.807) is 37.8 Å². The van der Waals surface area contributed by atoms with Crippen LogP contribution in [0.3, 0.4) is 0 Å². The number of amides is 1. The van der Waals surface area contributed by atoms with Crippen molar-refractivity contribution in [2.45, 2.75) is 18.9 Å². The topological polar surface area (TPSA) is 71.6 Å². The van der Waals surface area contributed by atoms with Gasteiger partial charge in [-0.25, -0.2) is 4.98 Å². The number of anilines is 1. The Hall–Kier alpha value is -2.57. The average molecular weight is 354 g/mol. The standard InChI is InChI=1S/C19H22N4O3/c1-21-11-20-17(7-18(21)24)22-9-13-12-4-5-15(14(13)10-22)23(8-12)19(25)16-3-2-6-26-16/h2-3,6-7,11-15H,4-5,8-10H2,1H3. The summed E-state index contributed by atoms with van der Waals surface area (Å²) in [6, 6.07) is 5.37. The Balaban J connectivity index is 1.40. The van der Waals surface area contributed by atoms with Crippen molar-refractivity contribution >= 4 is 11.7 Å². The molecule has 4 unspecified atom stereocenters. The van der Waals surface area contributed by atoms with Gasteiger partial charge >= 0.3 is 0 Å². The van der Waals surface area contributed by atoms with Gasteiger partial charge in [0.2, 0.25) is 0 Å². The van der Waals surface area contributed by atoms with Gasteiger partial charge in [-0.1, -0.05) is 0 Å². The first-order valence-electron chi connectivity index (χ1n) is 9.24. The molecule has 3 aliphatic heterocycles. The summed E-state index contributed by atoms with van der Waals surface area (Å²) in [6.07, 6.45) is 5.36. The van der Waals surface area contributed by atoms with E-state index in [1.165, 1.54) is 11.0 Å². The molecule has 26 heavy (non-hydrogen) atoms. The lowest BCUT2D eigenvalue weighted by atomic mass is 9.66. The fourth-order valence-corrected chi connectivity index (χ4v) is 5.16. The van der Waals surface area contributed by atoms with Gasteiger partial charge < -0.3 is 18.8 Å². The van der Waals surface area contributed by atoms with E-state index in [0.717, 1.165) is 31.9 Å². The van der Waals surface area contributed by atoms with Crippen LogP contribution in [0.25, 0.3) is 0 Å². The van der Waals surface area contributed by atoms with Crippen LogP contribution in [0.5, 0.6) is 0 Å². The van der Waals surface area contributed by atoms with Crippen LogP contribution in [0.4, 0.5) is 5.82 Å². The van der Waals surface area contributed by atoms with Gasteiger partial charge in [0.25, 0.3) is 11.5 Å². The number of carbonyl (C=O) groups is 1. The van der Waals surface area contributed by atoms with Crippen molar-refractivity contribution in [3.8, 4) is 0 Å². The van der Waals surface area contributed by atoms with Crippen molar-refractivity contribution in [3.05, 3.63) is 46.9 Å². The van der Waals surface area contributed by atoms with Crippen molar-refractivity contribution in [2.75, 3.05) is 24.5 Å². The molecule has 4 atom stereocenters. The van der Waals surface area contributed by atoms with Crippen LogP contribution in [0, 0.1) is 17.8 Å². The quantitative estimate of drug-likeness (QED) is 0.814. The molecular formula is C19H22N4O3. The van der Waals surface area contributed by atoms with Gasteiger partial charge in [-0.15, -0.1) is 0 Å². The molecule has 4 fully saturated rings. The second kappa shape index (κ2) is 5.72. The number of nitrogens with zero attached hydrogens (tertiary/aromatic N) is 4. The SMILES string of the molecule is Cn1cnc(N2CC3C4CCC(C3C2)N(C(=O)c2ccco2)C4)cc1=O. The number of rotatable bonds is 2. The number of furan rings is 1. The lowest BCUT2D eigenvalue weighted by Crippen LogP contribution is -2.59. The maximum absolute atomic E-state index is 12.8. The predicted molar refractivity (Wildman–Crippen MR) is 94.9 cm³/mol. The van der Waals surface area contributed by atoms with Crippen molar-refractivity contribution in [1.29, 1.82) is 0 Å². The third-order valence-electron chi connectivity index (χ3n) is 6.46. The summed E-state index contributed by atoms with van der Waals surface area (Å²) in [5, 5.41) is 0. The van der Waals surface area contributed by atoms with Gasteiger partial charge in [-0.2, -0.15) is 0 Å². The van der Waals surface area contributed by atoms with Gasteiger partial charge in [0, 0.05) is 44.7 Å². The number of fused-ring (bicyclic) bond motifs is 2. The summed E-state index contributed by atoms with van der Waals surface area (Å²) < 4.78 is 6.82. The number of aryl methyl sites for hydroxylation is 1. The van der Waals surface area contributed by atoms with E-state index in [4.69, 9.17) is 4.42 Å². The summed E-state index contributed by atoms with van der Waals surface area (Å²) in [5.74, 6) is 2.71. The first-order chi connectivity index (χ1) is 12.6. The summed E-state index contributed by atoms with van der Waals surface area (Å²) in [7, 11) is 1.71. The summed E-state index contributed by atoms with van der Waals surface area (Å²) in [4.78, 5) is 33.5. The molecule has 7 nitrogen and oxygen atoms in total. The Kier molecular flexibility index (Phi) is 3.45. The molecule has 4 aliphatic rings. The highest BCUT2D eigenvalue weighted by molar-refractivity contribution is 5.91. The first kappa shape index (κ1) is 15.7. The van der Waals surface area contributed by atoms with E-state index in [0.29, 0.717) is 23.5 Å². The van der Waals surface area contributed by atoms with Crippen LogP contribution >= 0.6 is 0 Å². The summed E-state index contributed by atoms with van der Waals surface area (Å²) >= 11 is 0. The molecule has 1 saturated carbocycles. The van der Waals surface area contributed by atoms with E-state index in [-0.39, 0.29) is 17.5 Å². The van der Waals surface area contributed by atoms with Crippen molar-refractivity contribution in [3.63, 3.8) is 0 Å². The van der Waals surface area contributed by atoms with Crippen LogP contribution in [-0.4, -0.2) is 46.0 Å². The molecule has 2 aromatic heterocycles. The Labute approximate surface area is 151 Å². The molecule has 0 N–H and O–H groups in total. The molecule has 2 aromatic rings. The molecule has 6 rings (SSSR count). The summed E-state index contributed by atoms with van der Waals surface area (Å²) in [6.45, 7) is 2.59. The van der Waals surface area contributed by atoms with E-state index in [9.17, 15) is 9.59 Å². The molecule has 136 valence electrons. The van der Waals surface area contributed by atoms with E-state index in [2.05, 4.69) is 9.88 Å². The van der Waals surface area contributed by atoms with Crippen molar-refractivity contribution in [1.82, 2.24) is 14.5 Å². The van der Waals surface area contributed by atoms with Gasteiger partial charge in [0.15, 0.2) is 5.76 Å². The number of aromatic nitrogens is 2. The monoisotopic (exact) mass is 354 g/mol. The van der Waals surface area contributed by atoms with Crippen LogP contribution in [0.15, 0.2) is 40.0 Å². The number of hydrogen-bond acceptors (Lipinski definition) is 5. The highest BCUT2D eigenvalue weighted by Crippen LogP contribution is 2.48. The highest BCUT2D eigenvalue weighted by Gasteiger charge is 2.53. The zero-order chi connectivity index (χ0) is 17.8. The van der Waals surface area contributed by atoms with Gasteiger partial charge in [-0.05, 0) is 36.8 Å². The molecule has 2 bridgehead atoms. The van der Waals surface area contributed by atoms with Crippen LogP contribution in [0.2, 0.25) is 0 Å². The number of piperidine rings is 2. The molecule has 1 aliphatic carbocycles. The normalized spacial score (nSPS) is 29.9. The van der Waals surface area contributed by atoms with Crippen molar-refractivity contribution < 1.29 is 9.21 Å². The smallest absolute Gasteiger partial charge is 0.289 e. The van der Waals surface area contributed by atoms with Crippen molar-refractivity contribution in [2.24, 2.45) is 24.8 Å². The largest absolute Gasteiger partial charge is 0.459 e. The third-order valence-corrected chi connectivity index (χ3v) is 6.46. The minimum absolute atomic E-state index is 0.00769. The Morgan fingerprint density at radius 1 is 1.23 bits per heavy atom. The Morgan fingerprint density at radius 2 is 2.08 bits per heavy atom. The zero-order valence-corrected chi connectivity index (χ0v) is 14.7. The average Bonchev–Trinajstić information content (AvgIpc) is 3.34. The lowest BCUT2D eigenvalue weighted by molar-refractivity contribution is -0.0160. The fourth-order valence-electron chi connectivity index (χ4n) is 5.16. The molecule has 3 saturated heterocycles. The van der Waals surface area contributed by atoms with E-state index >= 15 is 0 Å². The van der Waals surface area contributed by atoms with Gasteiger partial charge in [0.05, 0.1) is 12.6 Å². The summed E-state index contributed by atoms with van der Waals surface area (Å²) in [5.41, 5.74) is -0.0394. The zero-order valence-electron chi connectivity index (χ0n) is 14.7.